The number of hydrogen-bond donors (Lipinski definition) is 1. The summed E-state index contributed by atoms with van der Waals surface area (Å²) >= 11 is 1.62. The maximum atomic E-state index is 12.3. The highest BCUT2D eigenvalue weighted by Crippen LogP contribution is 2.25. The minimum Gasteiger partial charge on any atom is -0.370 e. The third-order valence-corrected chi connectivity index (χ3v) is 4.48. The molecule has 0 saturated carbocycles. The molecule has 0 bridgehead atoms. The second kappa shape index (κ2) is 5.82. The first-order valence-corrected chi connectivity index (χ1v) is 7.54. The first-order valence-electron chi connectivity index (χ1n) is 6.66. The monoisotopic (exact) mass is 275 g/mol. The zero-order valence-electron chi connectivity index (χ0n) is 10.7. The maximum absolute atomic E-state index is 12.3. The van der Waals surface area contributed by atoms with Crippen molar-refractivity contribution in [2.45, 2.75) is 18.9 Å². The van der Waals surface area contributed by atoms with Gasteiger partial charge in [0.2, 0.25) is 0 Å². The van der Waals surface area contributed by atoms with Gasteiger partial charge in [0.1, 0.15) is 6.61 Å². The summed E-state index contributed by atoms with van der Waals surface area (Å²) in [7, 11) is 0. The van der Waals surface area contributed by atoms with E-state index < -0.39 is 0 Å². The SMILES string of the molecule is O=C(COC1CCNCC1)c1cccc2ccsc12. The van der Waals surface area contributed by atoms with Gasteiger partial charge in [-0.2, -0.15) is 0 Å². The van der Waals surface area contributed by atoms with Crippen molar-refractivity contribution >= 4 is 27.2 Å². The van der Waals surface area contributed by atoms with Crippen LogP contribution in [-0.2, 0) is 4.74 Å². The van der Waals surface area contributed by atoms with E-state index in [4.69, 9.17) is 4.74 Å². The second-order valence-corrected chi connectivity index (χ2v) is 5.74. The van der Waals surface area contributed by atoms with E-state index in [1.807, 2.05) is 29.6 Å². The molecule has 1 N–H and O–H groups in total. The number of Topliss-reactive ketones (excluding diaryl/α,β-unsaturated/α-hetero) is 1. The van der Waals surface area contributed by atoms with Crippen molar-refractivity contribution in [2.24, 2.45) is 0 Å². The average Bonchev–Trinajstić information content (AvgIpc) is 2.94. The number of nitrogens with one attached hydrogen (secondary N) is 1. The molecule has 0 radical (unpaired) electrons. The van der Waals surface area contributed by atoms with Crippen molar-refractivity contribution in [2.75, 3.05) is 19.7 Å². The number of carbonyl (C=O) groups is 1. The van der Waals surface area contributed by atoms with Crippen LogP contribution in [0.5, 0.6) is 0 Å². The largest absolute Gasteiger partial charge is 0.370 e. The van der Waals surface area contributed by atoms with Crippen LogP contribution in [0.3, 0.4) is 0 Å². The standard InChI is InChI=1S/C15H17NO2S/c17-14(10-18-12-4-7-16-8-5-12)13-3-1-2-11-6-9-19-15(11)13/h1-3,6,9,12,16H,4-5,7-8,10H2. The van der Waals surface area contributed by atoms with Crippen LogP contribution in [-0.4, -0.2) is 31.6 Å². The van der Waals surface area contributed by atoms with Gasteiger partial charge < -0.3 is 10.1 Å². The number of carbonyl (C=O) groups excluding carboxylic acids is 1. The van der Waals surface area contributed by atoms with Crippen molar-refractivity contribution in [3.8, 4) is 0 Å². The summed E-state index contributed by atoms with van der Waals surface area (Å²) in [4.78, 5) is 12.3. The molecule has 2 aromatic rings. The van der Waals surface area contributed by atoms with Gasteiger partial charge in [0.15, 0.2) is 5.78 Å². The fourth-order valence-corrected chi connectivity index (χ4v) is 3.38. The van der Waals surface area contributed by atoms with Crippen molar-refractivity contribution in [1.82, 2.24) is 5.32 Å². The number of hydrogen-bond acceptors (Lipinski definition) is 4. The molecule has 19 heavy (non-hydrogen) atoms. The molecule has 4 heteroatoms. The third kappa shape index (κ3) is 2.86. The van der Waals surface area contributed by atoms with Crippen LogP contribution in [0.25, 0.3) is 10.1 Å². The smallest absolute Gasteiger partial charge is 0.189 e. The van der Waals surface area contributed by atoms with E-state index in [-0.39, 0.29) is 18.5 Å². The molecule has 3 rings (SSSR count). The number of piperidine rings is 1. The van der Waals surface area contributed by atoms with Gasteiger partial charge in [-0.25, -0.2) is 0 Å². The molecule has 1 saturated heterocycles. The molecule has 1 fully saturated rings. The highest BCUT2D eigenvalue weighted by molar-refractivity contribution is 7.17. The van der Waals surface area contributed by atoms with Crippen LogP contribution < -0.4 is 5.32 Å². The quantitative estimate of drug-likeness (QED) is 0.872. The predicted molar refractivity (Wildman–Crippen MR) is 78.0 cm³/mol. The van der Waals surface area contributed by atoms with Gasteiger partial charge in [0.05, 0.1) is 6.10 Å². The molecule has 1 aliphatic rings. The number of fused-ring (bicyclic) bond motifs is 1. The molecule has 1 aromatic carbocycles. The lowest BCUT2D eigenvalue weighted by molar-refractivity contribution is 0.0319. The Morgan fingerprint density at radius 1 is 1.32 bits per heavy atom. The van der Waals surface area contributed by atoms with Gasteiger partial charge in [-0.15, -0.1) is 11.3 Å². The summed E-state index contributed by atoms with van der Waals surface area (Å²) in [6.45, 7) is 2.17. The van der Waals surface area contributed by atoms with Crippen molar-refractivity contribution in [3.63, 3.8) is 0 Å². The van der Waals surface area contributed by atoms with Gasteiger partial charge >= 0.3 is 0 Å². The molecular formula is C15H17NO2S. The van der Waals surface area contributed by atoms with Gasteiger partial charge in [-0.05, 0) is 48.8 Å². The van der Waals surface area contributed by atoms with Gasteiger partial charge in [-0.1, -0.05) is 12.1 Å². The minimum absolute atomic E-state index is 0.0894. The molecule has 1 aromatic heterocycles. The number of benzene rings is 1. The summed E-state index contributed by atoms with van der Waals surface area (Å²) in [5.74, 6) is 0.0894. The van der Waals surface area contributed by atoms with Crippen LogP contribution in [0.15, 0.2) is 29.6 Å². The van der Waals surface area contributed by atoms with Crippen LogP contribution in [0, 0.1) is 0 Å². The molecule has 3 nitrogen and oxygen atoms in total. The normalized spacial score (nSPS) is 16.8. The molecule has 2 heterocycles. The molecule has 1 aliphatic heterocycles. The Morgan fingerprint density at radius 2 is 2.16 bits per heavy atom. The van der Waals surface area contributed by atoms with Crippen molar-refractivity contribution in [3.05, 3.63) is 35.2 Å². The Kier molecular flexibility index (Phi) is 3.92. The Labute approximate surface area is 116 Å². The number of ether oxygens (including phenoxy) is 1. The van der Waals surface area contributed by atoms with E-state index in [0.29, 0.717) is 0 Å². The van der Waals surface area contributed by atoms with E-state index >= 15 is 0 Å². The van der Waals surface area contributed by atoms with Gasteiger partial charge in [-0.3, -0.25) is 4.79 Å². The summed E-state index contributed by atoms with van der Waals surface area (Å²) in [5.41, 5.74) is 0.793. The van der Waals surface area contributed by atoms with Gasteiger partial charge in [0, 0.05) is 10.3 Å². The Balaban J connectivity index is 1.68. The second-order valence-electron chi connectivity index (χ2n) is 4.83. The lowest BCUT2D eigenvalue weighted by Crippen LogP contribution is -2.33. The molecule has 0 aliphatic carbocycles. The summed E-state index contributed by atoms with van der Waals surface area (Å²) in [6, 6.07) is 7.92. The fraction of sp³-hybridized carbons (Fsp3) is 0.400. The van der Waals surface area contributed by atoms with Crippen molar-refractivity contribution < 1.29 is 9.53 Å². The summed E-state index contributed by atoms with van der Waals surface area (Å²) in [6.07, 6.45) is 2.22. The van der Waals surface area contributed by atoms with Crippen molar-refractivity contribution in [1.29, 1.82) is 0 Å². The molecule has 100 valence electrons. The highest BCUT2D eigenvalue weighted by Gasteiger charge is 2.16. The van der Waals surface area contributed by atoms with Crippen LogP contribution in [0.4, 0.5) is 0 Å². The Hall–Kier alpha value is -1.23. The van der Waals surface area contributed by atoms with E-state index in [2.05, 4.69) is 5.32 Å². The van der Waals surface area contributed by atoms with Gasteiger partial charge in [0.25, 0.3) is 0 Å². The van der Waals surface area contributed by atoms with E-state index in [1.165, 1.54) is 0 Å². The lowest BCUT2D eigenvalue weighted by Gasteiger charge is -2.22. The highest BCUT2D eigenvalue weighted by atomic mass is 32.1. The molecule has 0 unspecified atom stereocenters. The summed E-state index contributed by atoms with van der Waals surface area (Å²) in [5, 5.41) is 6.45. The molecule has 0 spiro atoms. The van der Waals surface area contributed by atoms with Crippen LogP contribution >= 0.6 is 11.3 Å². The summed E-state index contributed by atoms with van der Waals surface area (Å²) < 4.78 is 6.81. The molecule has 0 atom stereocenters. The number of rotatable bonds is 4. The first-order chi connectivity index (χ1) is 9.34. The lowest BCUT2D eigenvalue weighted by atomic mass is 10.1. The van der Waals surface area contributed by atoms with E-state index in [1.54, 1.807) is 11.3 Å². The van der Waals surface area contributed by atoms with E-state index in [0.717, 1.165) is 41.6 Å². The molecule has 0 amide bonds. The topological polar surface area (TPSA) is 38.3 Å². The average molecular weight is 275 g/mol. The maximum Gasteiger partial charge on any atom is 0.189 e. The number of ketones is 1. The Morgan fingerprint density at radius 3 is 3.00 bits per heavy atom. The third-order valence-electron chi connectivity index (χ3n) is 3.52. The Bertz CT molecular complexity index is 572. The number of thiophene rings is 1. The molecular weight excluding hydrogens is 258 g/mol. The predicted octanol–water partition coefficient (Wildman–Crippen LogP) is 2.85. The van der Waals surface area contributed by atoms with Crippen LogP contribution in [0.1, 0.15) is 23.2 Å². The fourth-order valence-electron chi connectivity index (χ4n) is 2.45. The van der Waals surface area contributed by atoms with E-state index in [9.17, 15) is 4.79 Å². The first kappa shape index (κ1) is 12.8. The zero-order chi connectivity index (χ0) is 13.1. The minimum atomic E-state index is 0.0894. The van der Waals surface area contributed by atoms with Crippen LogP contribution in [0.2, 0.25) is 0 Å². The zero-order valence-corrected chi connectivity index (χ0v) is 11.5.